The first kappa shape index (κ1) is 29.6. The Hall–Kier alpha value is -7.10. The van der Waals surface area contributed by atoms with Crippen LogP contribution >= 0.6 is 0 Å². The van der Waals surface area contributed by atoms with Gasteiger partial charge in [-0.3, -0.25) is 0 Å². The van der Waals surface area contributed by atoms with Gasteiger partial charge in [0.05, 0.1) is 22.4 Å². The Balaban J connectivity index is 1.23. The lowest BCUT2D eigenvalue weighted by molar-refractivity contribution is 0.669. The molecule has 3 heteroatoms. The average Bonchev–Trinajstić information content (AvgIpc) is 3.78. The van der Waals surface area contributed by atoms with E-state index in [2.05, 4.69) is 198 Å². The number of rotatable bonds is 5. The summed E-state index contributed by atoms with van der Waals surface area (Å²) in [6, 6.07) is 69.8. The van der Waals surface area contributed by atoms with Crippen LogP contribution in [0.15, 0.2) is 199 Å². The number of para-hydroxylation sites is 3. The quantitative estimate of drug-likeness (QED) is 0.181. The highest BCUT2D eigenvalue weighted by Gasteiger charge is 2.23. The van der Waals surface area contributed by atoms with Gasteiger partial charge in [0.1, 0.15) is 5.58 Å². The van der Waals surface area contributed by atoms with Crippen LogP contribution in [0.2, 0.25) is 0 Å². The van der Waals surface area contributed by atoms with E-state index in [-0.39, 0.29) is 0 Å². The van der Waals surface area contributed by atoms with Gasteiger partial charge in [-0.2, -0.15) is 0 Å². The maximum Gasteiger partial charge on any atom is 0.159 e. The fourth-order valence-electron chi connectivity index (χ4n) is 8.34. The molecular weight excluding hydrogens is 645 g/mol. The van der Waals surface area contributed by atoms with Crippen molar-refractivity contribution >= 4 is 82.4 Å². The van der Waals surface area contributed by atoms with Crippen LogP contribution in [0.4, 0.5) is 17.1 Å². The van der Waals surface area contributed by atoms with Gasteiger partial charge in [0.2, 0.25) is 0 Å². The SMILES string of the molecule is c1ccc(-c2ccc(N(c3cc(-n4c5ccccc5c5ccc6ccccc6c54)cc4ccccc34)c3cccc4c3oc3ccccc34)cc2)cc1. The van der Waals surface area contributed by atoms with E-state index in [0.717, 1.165) is 55.5 Å². The fraction of sp³-hybridized carbons (Fsp3) is 0. The second-order valence-corrected chi connectivity index (χ2v) is 13.7. The van der Waals surface area contributed by atoms with E-state index in [1.807, 2.05) is 6.07 Å². The minimum absolute atomic E-state index is 0.859. The number of nitrogens with zero attached hydrogens (tertiary/aromatic N) is 2. The maximum absolute atomic E-state index is 6.73. The molecule has 2 heterocycles. The van der Waals surface area contributed by atoms with E-state index >= 15 is 0 Å². The summed E-state index contributed by atoms with van der Waals surface area (Å²) in [5, 5.41) is 9.46. The molecule has 0 spiro atoms. The van der Waals surface area contributed by atoms with E-state index in [1.54, 1.807) is 0 Å². The number of fused-ring (bicyclic) bond motifs is 9. The molecule has 0 atom stereocenters. The predicted molar refractivity (Wildman–Crippen MR) is 223 cm³/mol. The molecule has 0 radical (unpaired) electrons. The third-order valence-electron chi connectivity index (χ3n) is 10.7. The summed E-state index contributed by atoms with van der Waals surface area (Å²) in [5.74, 6) is 0. The van der Waals surface area contributed by atoms with E-state index in [4.69, 9.17) is 4.42 Å². The number of anilines is 3. The average molecular weight is 677 g/mol. The zero-order chi connectivity index (χ0) is 34.9. The van der Waals surface area contributed by atoms with Crippen molar-refractivity contribution in [1.82, 2.24) is 4.57 Å². The second kappa shape index (κ2) is 11.7. The normalized spacial score (nSPS) is 11.8. The Bertz CT molecular complexity index is 3170. The summed E-state index contributed by atoms with van der Waals surface area (Å²) >= 11 is 0. The van der Waals surface area contributed by atoms with Crippen LogP contribution in [0.1, 0.15) is 0 Å². The summed E-state index contributed by atoms with van der Waals surface area (Å²) in [4.78, 5) is 2.39. The molecule has 0 aliphatic carbocycles. The van der Waals surface area contributed by atoms with Crippen molar-refractivity contribution in [1.29, 1.82) is 0 Å². The lowest BCUT2D eigenvalue weighted by Crippen LogP contribution is -2.11. The minimum Gasteiger partial charge on any atom is -0.454 e. The molecule has 0 fully saturated rings. The Kier molecular flexibility index (Phi) is 6.55. The summed E-state index contributed by atoms with van der Waals surface area (Å²) in [6.07, 6.45) is 0. The van der Waals surface area contributed by atoms with Crippen LogP contribution in [0.3, 0.4) is 0 Å². The number of benzene rings is 9. The highest BCUT2D eigenvalue weighted by atomic mass is 16.3. The van der Waals surface area contributed by atoms with Gasteiger partial charge in [-0.15, -0.1) is 0 Å². The lowest BCUT2D eigenvalue weighted by atomic mass is 10.0. The Morgan fingerprint density at radius 3 is 1.91 bits per heavy atom. The summed E-state index contributed by atoms with van der Waals surface area (Å²) in [7, 11) is 0. The Morgan fingerprint density at radius 2 is 1.06 bits per heavy atom. The van der Waals surface area contributed by atoms with Gasteiger partial charge in [0.25, 0.3) is 0 Å². The van der Waals surface area contributed by atoms with Crippen molar-refractivity contribution in [3.05, 3.63) is 194 Å². The van der Waals surface area contributed by atoms with Crippen molar-refractivity contribution in [2.75, 3.05) is 4.90 Å². The van der Waals surface area contributed by atoms with E-state index < -0.39 is 0 Å². The van der Waals surface area contributed by atoms with Crippen LogP contribution in [-0.4, -0.2) is 4.57 Å². The molecule has 3 nitrogen and oxygen atoms in total. The van der Waals surface area contributed by atoms with Gasteiger partial charge >= 0.3 is 0 Å². The van der Waals surface area contributed by atoms with E-state index in [9.17, 15) is 0 Å². The molecule has 0 unspecified atom stereocenters. The van der Waals surface area contributed by atoms with E-state index in [0.29, 0.717) is 0 Å². The number of furan rings is 1. The Labute approximate surface area is 306 Å². The Morgan fingerprint density at radius 1 is 0.396 bits per heavy atom. The number of hydrogen-bond donors (Lipinski definition) is 0. The molecule has 0 bridgehead atoms. The van der Waals surface area contributed by atoms with Crippen LogP contribution < -0.4 is 4.90 Å². The third kappa shape index (κ3) is 4.61. The van der Waals surface area contributed by atoms with Gasteiger partial charge in [-0.25, -0.2) is 0 Å². The first-order chi connectivity index (χ1) is 26.3. The molecule has 11 aromatic rings. The van der Waals surface area contributed by atoms with Gasteiger partial charge < -0.3 is 13.9 Å². The summed E-state index contributed by atoms with van der Waals surface area (Å²) < 4.78 is 9.19. The van der Waals surface area contributed by atoms with Crippen molar-refractivity contribution in [3.8, 4) is 16.8 Å². The van der Waals surface area contributed by atoms with Gasteiger partial charge in [-0.05, 0) is 64.4 Å². The number of aromatic nitrogens is 1. The molecule has 0 saturated heterocycles. The van der Waals surface area contributed by atoms with Crippen molar-refractivity contribution in [2.45, 2.75) is 0 Å². The molecule has 11 rings (SSSR count). The zero-order valence-corrected chi connectivity index (χ0v) is 28.8. The molecule has 2 aromatic heterocycles. The van der Waals surface area contributed by atoms with Crippen molar-refractivity contribution in [2.24, 2.45) is 0 Å². The topological polar surface area (TPSA) is 21.3 Å². The molecule has 248 valence electrons. The first-order valence-electron chi connectivity index (χ1n) is 18.1. The van der Waals surface area contributed by atoms with Crippen LogP contribution in [-0.2, 0) is 0 Å². The molecule has 9 aromatic carbocycles. The second-order valence-electron chi connectivity index (χ2n) is 13.7. The molecule has 0 saturated carbocycles. The first-order valence-corrected chi connectivity index (χ1v) is 18.1. The molecule has 0 aliphatic rings. The third-order valence-corrected chi connectivity index (χ3v) is 10.7. The maximum atomic E-state index is 6.73. The smallest absolute Gasteiger partial charge is 0.159 e. The van der Waals surface area contributed by atoms with Gasteiger partial charge in [-0.1, -0.05) is 152 Å². The molecule has 0 N–H and O–H groups in total. The summed E-state index contributed by atoms with van der Waals surface area (Å²) in [6.45, 7) is 0. The standard InChI is InChI=1S/C50H32N2O/c1-2-13-33(14-3-1)34-25-28-37(29-26-34)51(46-23-12-21-44-42-20-9-11-24-48(42)53-50(44)46)47-32-38(31-36-16-5-6-17-39(36)47)52-45-22-10-8-19-41(45)43-30-27-35-15-4-7-18-40(35)49(43)52/h1-32H. The number of hydrogen-bond acceptors (Lipinski definition) is 2. The molecule has 0 amide bonds. The van der Waals surface area contributed by atoms with Crippen LogP contribution in [0.25, 0.3) is 82.1 Å². The van der Waals surface area contributed by atoms with Crippen LogP contribution in [0.5, 0.6) is 0 Å². The molecule has 53 heavy (non-hydrogen) atoms. The van der Waals surface area contributed by atoms with Crippen molar-refractivity contribution in [3.63, 3.8) is 0 Å². The summed E-state index contributed by atoms with van der Waals surface area (Å²) in [5.41, 5.74) is 10.7. The molecule has 0 aliphatic heterocycles. The highest BCUT2D eigenvalue weighted by Crippen LogP contribution is 2.46. The zero-order valence-electron chi connectivity index (χ0n) is 28.8. The predicted octanol–water partition coefficient (Wildman–Crippen LogP) is 14.1. The largest absolute Gasteiger partial charge is 0.454 e. The van der Waals surface area contributed by atoms with Gasteiger partial charge in [0.15, 0.2) is 5.58 Å². The van der Waals surface area contributed by atoms with Crippen LogP contribution in [0, 0.1) is 0 Å². The van der Waals surface area contributed by atoms with E-state index in [1.165, 1.54) is 43.7 Å². The molecular formula is C50H32N2O. The monoisotopic (exact) mass is 676 g/mol. The minimum atomic E-state index is 0.859. The lowest BCUT2D eigenvalue weighted by Gasteiger charge is -2.28. The van der Waals surface area contributed by atoms with Crippen molar-refractivity contribution < 1.29 is 4.42 Å². The highest BCUT2D eigenvalue weighted by molar-refractivity contribution is 6.19. The fourth-order valence-corrected chi connectivity index (χ4v) is 8.34. The van der Waals surface area contributed by atoms with Gasteiger partial charge in [0, 0.05) is 43.7 Å².